The number of halogens is 2. The maximum atomic E-state index is 6.13. The Bertz CT molecular complexity index is 492. The Kier molecular flexibility index (Phi) is 3.37. The number of benzene rings is 2. The van der Waals surface area contributed by atoms with Gasteiger partial charge in [-0.25, -0.2) is 0 Å². The maximum absolute atomic E-state index is 6.13. The summed E-state index contributed by atoms with van der Waals surface area (Å²) >= 11 is 12.1. The SMILES string of the molecule is CNc1ccc(-c2cc(Cl)ccc2Cl)cc1. The van der Waals surface area contributed by atoms with E-state index >= 15 is 0 Å². The van der Waals surface area contributed by atoms with Gasteiger partial charge in [-0.15, -0.1) is 0 Å². The summed E-state index contributed by atoms with van der Waals surface area (Å²) < 4.78 is 0. The predicted molar refractivity (Wildman–Crippen MR) is 71.4 cm³/mol. The molecule has 3 heteroatoms. The van der Waals surface area contributed by atoms with Crippen LogP contribution in [0.1, 0.15) is 0 Å². The Balaban J connectivity index is 2.45. The zero-order valence-corrected chi connectivity index (χ0v) is 10.3. The van der Waals surface area contributed by atoms with Crippen LogP contribution in [0, 0.1) is 0 Å². The number of nitrogens with one attached hydrogen (secondary N) is 1. The molecule has 0 aliphatic rings. The van der Waals surface area contributed by atoms with E-state index in [1.165, 1.54) is 0 Å². The molecule has 0 heterocycles. The first-order valence-electron chi connectivity index (χ1n) is 4.94. The fourth-order valence-electron chi connectivity index (χ4n) is 1.54. The highest BCUT2D eigenvalue weighted by Crippen LogP contribution is 2.31. The van der Waals surface area contributed by atoms with Crippen molar-refractivity contribution in [2.75, 3.05) is 12.4 Å². The van der Waals surface area contributed by atoms with Gasteiger partial charge in [0.15, 0.2) is 0 Å². The van der Waals surface area contributed by atoms with Gasteiger partial charge in [0, 0.05) is 28.3 Å². The van der Waals surface area contributed by atoms with E-state index in [-0.39, 0.29) is 0 Å². The van der Waals surface area contributed by atoms with Crippen LogP contribution in [0.15, 0.2) is 42.5 Å². The van der Waals surface area contributed by atoms with Crippen molar-refractivity contribution < 1.29 is 0 Å². The highest BCUT2D eigenvalue weighted by atomic mass is 35.5. The van der Waals surface area contributed by atoms with Crippen LogP contribution in [0.2, 0.25) is 10.0 Å². The van der Waals surface area contributed by atoms with Crippen molar-refractivity contribution in [1.82, 2.24) is 0 Å². The monoisotopic (exact) mass is 251 g/mol. The zero-order chi connectivity index (χ0) is 11.5. The van der Waals surface area contributed by atoms with E-state index in [9.17, 15) is 0 Å². The van der Waals surface area contributed by atoms with Crippen molar-refractivity contribution >= 4 is 28.9 Å². The van der Waals surface area contributed by atoms with Gasteiger partial charge >= 0.3 is 0 Å². The first-order chi connectivity index (χ1) is 7.70. The minimum Gasteiger partial charge on any atom is -0.388 e. The minimum absolute atomic E-state index is 0.692. The molecule has 2 rings (SSSR count). The van der Waals surface area contributed by atoms with Crippen LogP contribution in [0.3, 0.4) is 0 Å². The molecule has 0 unspecified atom stereocenters. The molecule has 0 atom stereocenters. The Morgan fingerprint density at radius 2 is 1.62 bits per heavy atom. The molecule has 0 saturated carbocycles. The fourth-order valence-corrected chi connectivity index (χ4v) is 1.93. The van der Waals surface area contributed by atoms with Gasteiger partial charge in [0.05, 0.1) is 0 Å². The smallest absolute Gasteiger partial charge is 0.0485 e. The van der Waals surface area contributed by atoms with Gasteiger partial charge in [0.2, 0.25) is 0 Å². The van der Waals surface area contributed by atoms with E-state index in [1.807, 2.05) is 43.4 Å². The molecule has 0 aromatic heterocycles. The van der Waals surface area contributed by atoms with Crippen LogP contribution in [0.4, 0.5) is 5.69 Å². The normalized spacial score (nSPS) is 10.2. The summed E-state index contributed by atoms with van der Waals surface area (Å²) in [6, 6.07) is 13.5. The van der Waals surface area contributed by atoms with Gasteiger partial charge in [0.25, 0.3) is 0 Å². The van der Waals surface area contributed by atoms with Crippen molar-refractivity contribution in [2.24, 2.45) is 0 Å². The van der Waals surface area contributed by atoms with Crippen LogP contribution in [0.25, 0.3) is 11.1 Å². The average Bonchev–Trinajstić information content (AvgIpc) is 2.32. The van der Waals surface area contributed by atoms with E-state index < -0.39 is 0 Å². The third-order valence-corrected chi connectivity index (χ3v) is 2.98. The number of hydrogen-bond donors (Lipinski definition) is 1. The molecule has 82 valence electrons. The van der Waals surface area contributed by atoms with Crippen LogP contribution in [0.5, 0.6) is 0 Å². The summed E-state index contributed by atoms with van der Waals surface area (Å²) in [6.45, 7) is 0. The molecule has 0 saturated heterocycles. The summed E-state index contributed by atoms with van der Waals surface area (Å²) in [5.41, 5.74) is 3.09. The van der Waals surface area contributed by atoms with Crippen molar-refractivity contribution in [3.05, 3.63) is 52.5 Å². The first-order valence-corrected chi connectivity index (χ1v) is 5.69. The molecule has 0 aliphatic heterocycles. The zero-order valence-electron chi connectivity index (χ0n) is 8.80. The van der Waals surface area contributed by atoms with Gasteiger partial charge in [0.1, 0.15) is 0 Å². The highest BCUT2D eigenvalue weighted by Gasteiger charge is 2.04. The number of anilines is 1. The van der Waals surface area contributed by atoms with Crippen molar-refractivity contribution in [3.63, 3.8) is 0 Å². The lowest BCUT2D eigenvalue weighted by molar-refractivity contribution is 1.51. The molecule has 0 bridgehead atoms. The largest absolute Gasteiger partial charge is 0.388 e. The van der Waals surface area contributed by atoms with E-state index in [4.69, 9.17) is 23.2 Å². The molecule has 1 N–H and O–H groups in total. The summed E-state index contributed by atoms with van der Waals surface area (Å²) in [6.07, 6.45) is 0. The number of hydrogen-bond acceptors (Lipinski definition) is 1. The molecular weight excluding hydrogens is 241 g/mol. The molecule has 1 nitrogen and oxygen atoms in total. The van der Waals surface area contributed by atoms with Gasteiger partial charge in [-0.1, -0.05) is 35.3 Å². The lowest BCUT2D eigenvalue weighted by Gasteiger charge is -2.06. The Hall–Kier alpha value is -1.18. The fraction of sp³-hybridized carbons (Fsp3) is 0.0769. The van der Waals surface area contributed by atoms with Gasteiger partial charge < -0.3 is 5.32 Å². The number of rotatable bonds is 2. The summed E-state index contributed by atoms with van der Waals surface area (Å²) in [7, 11) is 1.89. The van der Waals surface area contributed by atoms with Gasteiger partial charge in [-0.05, 0) is 35.9 Å². The predicted octanol–water partition coefficient (Wildman–Crippen LogP) is 4.70. The van der Waals surface area contributed by atoms with E-state index in [2.05, 4.69) is 5.32 Å². The Morgan fingerprint density at radius 3 is 2.25 bits per heavy atom. The molecule has 0 radical (unpaired) electrons. The molecule has 2 aromatic carbocycles. The standard InChI is InChI=1S/C13H11Cl2N/c1-16-11-5-2-9(3-6-11)12-8-10(14)4-7-13(12)15/h2-8,16H,1H3. The molecule has 0 spiro atoms. The molecule has 0 fully saturated rings. The quantitative estimate of drug-likeness (QED) is 0.816. The first kappa shape index (κ1) is 11.3. The Labute approximate surface area is 105 Å². The summed E-state index contributed by atoms with van der Waals surface area (Å²) in [4.78, 5) is 0. The minimum atomic E-state index is 0.692. The van der Waals surface area contributed by atoms with Crippen LogP contribution < -0.4 is 5.32 Å². The molecule has 16 heavy (non-hydrogen) atoms. The summed E-state index contributed by atoms with van der Waals surface area (Å²) in [5, 5.41) is 4.47. The molecule has 2 aromatic rings. The van der Waals surface area contributed by atoms with Crippen LogP contribution in [-0.4, -0.2) is 7.05 Å². The highest BCUT2D eigenvalue weighted by molar-refractivity contribution is 6.35. The summed E-state index contributed by atoms with van der Waals surface area (Å²) in [5.74, 6) is 0. The van der Waals surface area contributed by atoms with E-state index in [0.29, 0.717) is 10.0 Å². The lowest BCUT2D eigenvalue weighted by Crippen LogP contribution is -1.87. The lowest BCUT2D eigenvalue weighted by atomic mass is 10.1. The Morgan fingerprint density at radius 1 is 0.938 bits per heavy atom. The van der Waals surface area contributed by atoms with Crippen LogP contribution in [-0.2, 0) is 0 Å². The second kappa shape index (κ2) is 4.77. The second-order valence-electron chi connectivity index (χ2n) is 3.45. The van der Waals surface area contributed by atoms with Crippen molar-refractivity contribution in [1.29, 1.82) is 0 Å². The second-order valence-corrected chi connectivity index (χ2v) is 4.30. The van der Waals surface area contributed by atoms with Gasteiger partial charge in [-0.3, -0.25) is 0 Å². The van der Waals surface area contributed by atoms with E-state index in [0.717, 1.165) is 16.8 Å². The third kappa shape index (κ3) is 2.31. The van der Waals surface area contributed by atoms with Gasteiger partial charge in [-0.2, -0.15) is 0 Å². The van der Waals surface area contributed by atoms with Crippen molar-refractivity contribution in [2.45, 2.75) is 0 Å². The van der Waals surface area contributed by atoms with E-state index in [1.54, 1.807) is 6.07 Å². The van der Waals surface area contributed by atoms with Crippen molar-refractivity contribution in [3.8, 4) is 11.1 Å². The topological polar surface area (TPSA) is 12.0 Å². The average molecular weight is 252 g/mol. The molecule has 0 amide bonds. The van der Waals surface area contributed by atoms with Crippen LogP contribution >= 0.6 is 23.2 Å². The molecular formula is C13H11Cl2N. The molecule has 0 aliphatic carbocycles. The maximum Gasteiger partial charge on any atom is 0.0485 e. The third-order valence-electron chi connectivity index (χ3n) is 2.41.